The van der Waals surface area contributed by atoms with Crippen LogP contribution >= 0.6 is 0 Å². The van der Waals surface area contributed by atoms with E-state index in [1.807, 2.05) is 0 Å². The summed E-state index contributed by atoms with van der Waals surface area (Å²) in [5, 5.41) is 8.54. The smallest absolute Gasteiger partial charge is 0.257 e. The van der Waals surface area contributed by atoms with Crippen LogP contribution in [0.25, 0.3) is 5.57 Å². The van der Waals surface area contributed by atoms with Crippen LogP contribution in [-0.4, -0.2) is 69.1 Å². The molecule has 0 saturated heterocycles. The number of rotatable bonds is 0. The predicted octanol–water partition coefficient (Wildman–Crippen LogP) is 1.43. The van der Waals surface area contributed by atoms with Gasteiger partial charge in [0.25, 0.3) is 5.91 Å². The molecule has 2 bridgehead atoms. The highest BCUT2D eigenvalue weighted by Gasteiger charge is 2.27. The SMILES string of the molecule is CN1CCCC(=O)NCC#Cc2cccc3c2/C(=C/Nc2cccc(c2)S(=O)(=O)N(C)CC1=O)C(=O)N3. The van der Waals surface area contributed by atoms with Gasteiger partial charge >= 0.3 is 0 Å². The summed E-state index contributed by atoms with van der Waals surface area (Å²) >= 11 is 0. The molecule has 10 nitrogen and oxygen atoms in total. The van der Waals surface area contributed by atoms with Gasteiger partial charge in [-0.3, -0.25) is 14.4 Å². The number of hydrogen-bond donors (Lipinski definition) is 3. The highest BCUT2D eigenvalue weighted by molar-refractivity contribution is 7.89. The van der Waals surface area contributed by atoms with E-state index in [1.165, 1.54) is 30.3 Å². The molecule has 192 valence electrons. The van der Waals surface area contributed by atoms with Gasteiger partial charge in [0.2, 0.25) is 21.8 Å². The van der Waals surface area contributed by atoms with E-state index in [1.54, 1.807) is 37.4 Å². The third-order valence-corrected chi connectivity index (χ3v) is 7.83. The van der Waals surface area contributed by atoms with E-state index in [9.17, 15) is 22.8 Å². The van der Waals surface area contributed by atoms with Crippen LogP contribution < -0.4 is 16.0 Å². The number of benzene rings is 2. The van der Waals surface area contributed by atoms with Crippen molar-refractivity contribution in [3.63, 3.8) is 0 Å². The van der Waals surface area contributed by atoms with Gasteiger partial charge in [-0.05, 0) is 36.8 Å². The average molecular weight is 522 g/mol. The maximum atomic E-state index is 13.1. The van der Waals surface area contributed by atoms with Crippen LogP contribution in [0.15, 0.2) is 53.6 Å². The molecule has 0 fully saturated rings. The van der Waals surface area contributed by atoms with E-state index in [2.05, 4.69) is 27.8 Å². The maximum absolute atomic E-state index is 13.1. The van der Waals surface area contributed by atoms with Crippen molar-refractivity contribution in [3.05, 3.63) is 59.8 Å². The Kier molecular flexibility index (Phi) is 7.61. The number of amides is 3. The lowest BCUT2D eigenvalue weighted by Gasteiger charge is -2.22. The Hall–Kier alpha value is -4.14. The van der Waals surface area contributed by atoms with Crippen molar-refractivity contribution >= 4 is 44.7 Å². The standard InChI is InChI=1S/C26H27N5O5S/c1-30-14-6-12-23(32)27-13-5-8-18-7-3-11-22-25(18)21(26(34)29-22)16-28-19-9-4-10-20(15-19)37(35,36)31(2)17-24(30)33/h3-4,7,9-11,15-16,28H,6,12-14,17H2,1-2H3,(H,27,32)(H,29,34)/b21-16-. The summed E-state index contributed by atoms with van der Waals surface area (Å²) in [6.45, 7) is 0.0876. The molecule has 2 aromatic rings. The molecule has 2 aliphatic rings. The van der Waals surface area contributed by atoms with Crippen LogP contribution in [0.2, 0.25) is 0 Å². The second kappa shape index (κ2) is 10.9. The van der Waals surface area contributed by atoms with Gasteiger partial charge < -0.3 is 20.9 Å². The number of fused-ring (bicyclic) bond motifs is 2. The van der Waals surface area contributed by atoms with Gasteiger partial charge in [0.05, 0.1) is 29.2 Å². The van der Waals surface area contributed by atoms with E-state index in [0.29, 0.717) is 41.0 Å². The van der Waals surface area contributed by atoms with E-state index in [-0.39, 0.29) is 42.1 Å². The molecule has 0 saturated carbocycles. The van der Waals surface area contributed by atoms with Gasteiger partial charge in [0, 0.05) is 50.1 Å². The first-order valence-electron chi connectivity index (χ1n) is 11.6. The monoisotopic (exact) mass is 521 g/mol. The summed E-state index contributed by atoms with van der Waals surface area (Å²) in [6.07, 6.45) is 2.11. The number of hydrogen-bond acceptors (Lipinski definition) is 6. The van der Waals surface area contributed by atoms with Crippen LogP contribution in [0.4, 0.5) is 11.4 Å². The lowest BCUT2D eigenvalue weighted by molar-refractivity contribution is -0.130. The third-order valence-electron chi connectivity index (χ3n) is 6.03. The number of nitrogens with one attached hydrogen (secondary N) is 3. The Morgan fingerprint density at radius 1 is 1.03 bits per heavy atom. The van der Waals surface area contributed by atoms with Crippen molar-refractivity contribution in [3.8, 4) is 11.8 Å². The van der Waals surface area contributed by atoms with Crippen LogP contribution in [-0.2, 0) is 24.4 Å². The first kappa shape index (κ1) is 25.9. The van der Waals surface area contributed by atoms with Crippen molar-refractivity contribution in [1.29, 1.82) is 0 Å². The molecule has 0 aromatic heterocycles. The molecule has 2 heterocycles. The van der Waals surface area contributed by atoms with Crippen molar-refractivity contribution < 1.29 is 22.8 Å². The number of carbonyl (C=O) groups is 3. The number of nitrogens with zero attached hydrogens (tertiary/aromatic N) is 2. The molecule has 0 aliphatic carbocycles. The van der Waals surface area contributed by atoms with E-state index >= 15 is 0 Å². The van der Waals surface area contributed by atoms with Gasteiger partial charge in [-0.15, -0.1) is 0 Å². The fourth-order valence-corrected chi connectivity index (χ4v) is 5.11. The Morgan fingerprint density at radius 3 is 2.62 bits per heavy atom. The first-order valence-corrected chi connectivity index (χ1v) is 13.1. The van der Waals surface area contributed by atoms with E-state index in [0.717, 1.165) is 4.31 Å². The second-order valence-electron chi connectivity index (χ2n) is 8.67. The highest BCUT2D eigenvalue weighted by Crippen LogP contribution is 2.34. The van der Waals surface area contributed by atoms with Crippen molar-refractivity contribution in [1.82, 2.24) is 14.5 Å². The molecular formula is C26H27N5O5S. The van der Waals surface area contributed by atoms with Crippen LogP contribution in [0.1, 0.15) is 24.0 Å². The molecule has 37 heavy (non-hydrogen) atoms. The Bertz CT molecular complexity index is 1460. The minimum absolute atomic E-state index is 0.000699. The van der Waals surface area contributed by atoms with Crippen molar-refractivity contribution in [2.75, 3.05) is 44.4 Å². The topological polar surface area (TPSA) is 128 Å². The minimum atomic E-state index is -3.96. The fourth-order valence-electron chi connectivity index (χ4n) is 3.94. The molecule has 0 radical (unpaired) electrons. The number of anilines is 2. The minimum Gasteiger partial charge on any atom is -0.361 e. The number of likely N-dealkylation sites (N-methyl/N-ethyl adjacent to an activating group) is 2. The van der Waals surface area contributed by atoms with Crippen molar-refractivity contribution in [2.24, 2.45) is 0 Å². The van der Waals surface area contributed by atoms with Gasteiger partial charge in [-0.25, -0.2) is 8.42 Å². The first-order chi connectivity index (χ1) is 17.7. The normalized spacial score (nSPS) is 20.1. The highest BCUT2D eigenvalue weighted by atomic mass is 32.2. The lowest BCUT2D eigenvalue weighted by atomic mass is 10.0. The summed E-state index contributed by atoms with van der Waals surface area (Å²) in [6, 6.07) is 11.5. The average Bonchev–Trinajstić information content (AvgIpc) is 3.20. The maximum Gasteiger partial charge on any atom is 0.257 e. The summed E-state index contributed by atoms with van der Waals surface area (Å²) < 4.78 is 27.3. The van der Waals surface area contributed by atoms with Gasteiger partial charge in [0.1, 0.15) is 0 Å². The molecule has 3 N–H and O–H groups in total. The van der Waals surface area contributed by atoms with Crippen LogP contribution in [0.3, 0.4) is 0 Å². The summed E-state index contributed by atoms with van der Waals surface area (Å²) in [7, 11) is -1.05. The largest absolute Gasteiger partial charge is 0.361 e. The van der Waals surface area contributed by atoms with Crippen molar-refractivity contribution in [2.45, 2.75) is 17.7 Å². The zero-order valence-corrected chi connectivity index (χ0v) is 21.3. The van der Waals surface area contributed by atoms with Crippen LogP contribution in [0.5, 0.6) is 0 Å². The number of carbonyl (C=O) groups excluding carboxylic acids is 3. The van der Waals surface area contributed by atoms with E-state index in [4.69, 9.17) is 0 Å². The number of sulfonamides is 1. The second-order valence-corrected chi connectivity index (χ2v) is 10.7. The Labute approximate surface area is 215 Å². The summed E-state index contributed by atoms with van der Waals surface area (Å²) in [5.41, 5.74) is 2.63. The van der Waals surface area contributed by atoms with Gasteiger partial charge in [-0.1, -0.05) is 24.0 Å². The Morgan fingerprint density at radius 2 is 1.81 bits per heavy atom. The lowest BCUT2D eigenvalue weighted by Crippen LogP contribution is -2.40. The molecule has 2 aliphatic heterocycles. The third kappa shape index (κ3) is 5.82. The zero-order chi connectivity index (χ0) is 26.6. The van der Waals surface area contributed by atoms with Gasteiger partial charge in [-0.2, -0.15) is 4.31 Å². The molecule has 0 unspecified atom stereocenters. The summed E-state index contributed by atoms with van der Waals surface area (Å²) in [5.74, 6) is 5.02. The molecule has 11 heteroatoms. The van der Waals surface area contributed by atoms with E-state index < -0.39 is 10.0 Å². The van der Waals surface area contributed by atoms with Gasteiger partial charge in [0.15, 0.2) is 0 Å². The molecular weight excluding hydrogens is 494 g/mol. The zero-order valence-electron chi connectivity index (χ0n) is 20.5. The Balaban J connectivity index is 1.71. The molecule has 0 spiro atoms. The summed E-state index contributed by atoms with van der Waals surface area (Å²) in [4.78, 5) is 38.9. The quantitative estimate of drug-likeness (QED) is 0.450. The fraction of sp³-hybridized carbons (Fsp3) is 0.269. The molecule has 2 aromatic carbocycles. The predicted molar refractivity (Wildman–Crippen MR) is 140 cm³/mol. The van der Waals surface area contributed by atoms with Crippen LogP contribution in [0, 0.1) is 11.8 Å². The molecule has 4 rings (SSSR count). The molecule has 3 amide bonds. The molecule has 0 atom stereocenters.